The number of rotatable bonds is 4. The minimum absolute atomic E-state index is 0.310. The summed E-state index contributed by atoms with van der Waals surface area (Å²) in [5.74, 6) is -0.310. The van der Waals surface area contributed by atoms with Gasteiger partial charge in [-0.1, -0.05) is 30.3 Å². The third kappa shape index (κ3) is 3.75. The largest absolute Gasteiger partial charge is 0.240 e. The zero-order valence-electron chi connectivity index (χ0n) is 16.2. The molecule has 0 saturated carbocycles. The second kappa shape index (κ2) is 7.98. The number of nitriles is 1. The number of halogens is 1. The Morgan fingerprint density at radius 2 is 1.71 bits per heavy atom. The van der Waals surface area contributed by atoms with E-state index in [0.717, 1.165) is 27.0 Å². The fourth-order valence-corrected chi connectivity index (χ4v) is 4.25. The molecule has 5 aromatic rings. The number of nitrogens with zero attached hydrogens (tertiary/aromatic N) is 4. The fraction of sp³-hybridized carbons (Fsp3) is 0. The van der Waals surface area contributed by atoms with Crippen LogP contribution in [0.4, 0.5) is 4.39 Å². The van der Waals surface area contributed by atoms with Gasteiger partial charge in [0.05, 0.1) is 27.2 Å². The number of hydrogen-bond acceptors (Lipinski definition) is 4. The van der Waals surface area contributed by atoms with Crippen LogP contribution in [0.25, 0.3) is 38.8 Å². The van der Waals surface area contributed by atoms with Crippen molar-refractivity contribution in [1.29, 1.82) is 5.26 Å². The number of fused-ring (bicyclic) bond motifs is 1. The van der Waals surface area contributed by atoms with Gasteiger partial charge in [0, 0.05) is 17.3 Å². The summed E-state index contributed by atoms with van der Waals surface area (Å²) in [5.41, 5.74) is 4.40. The first-order valence-corrected chi connectivity index (χ1v) is 10.4. The van der Waals surface area contributed by atoms with Crippen molar-refractivity contribution in [1.82, 2.24) is 14.8 Å². The summed E-state index contributed by atoms with van der Waals surface area (Å²) in [7, 11) is 0. The Kier molecular flexibility index (Phi) is 4.87. The van der Waals surface area contributed by atoms with E-state index in [1.807, 2.05) is 60.8 Å². The van der Waals surface area contributed by atoms with E-state index in [-0.39, 0.29) is 5.82 Å². The van der Waals surface area contributed by atoms with Crippen molar-refractivity contribution in [3.8, 4) is 23.0 Å². The molecule has 0 N–H and O–H groups in total. The molecule has 0 fully saturated rings. The van der Waals surface area contributed by atoms with Crippen molar-refractivity contribution in [3.05, 3.63) is 101 Å². The molecule has 0 aliphatic heterocycles. The summed E-state index contributed by atoms with van der Waals surface area (Å²) in [5, 5.41) is 15.2. The van der Waals surface area contributed by atoms with Gasteiger partial charge in [-0.3, -0.25) is 0 Å². The van der Waals surface area contributed by atoms with Crippen LogP contribution in [0, 0.1) is 17.1 Å². The van der Waals surface area contributed by atoms with Gasteiger partial charge in [-0.15, -0.1) is 11.3 Å². The molecule has 5 rings (SSSR count). The van der Waals surface area contributed by atoms with Crippen LogP contribution in [0.15, 0.2) is 85.1 Å². The van der Waals surface area contributed by atoms with Crippen LogP contribution in [-0.2, 0) is 0 Å². The van der Waals surface area contributed by atoms with E-state index in [0.29, 0.717) is 16.3 Å². The molecule has 0 unspecified atom stereocenters. The van der Waals surface area contributed by atoms with E-state index in [9.17, 15) is 9.65 Å². The van der Waals surface area contributed by atoms with Gasteiger partial charge in [-0.25, -0.2) is 14.1 Å². The monoisotopic (exact) mass is 422 g/mol. The Morgan fingerprint density at radius 1 is 0.968 bits per heavy atom. The molecule has 6 heteroatoms. The molecule has 0 saturated heterocycles. The van der Waals surface area contributed by atoms with Crippen LogP contribution in [0.5, 0.6) is 0 Å². The molecule has 0 bridgehead atoms. The summed E-state index contributed by atoms with van der Waals surface area (Å²) in [6, 6.07) is 26.0. The summed E-state index contributed by atoms with van der Waals surface area (Å²) in [4.78, 5) is 4.61. The summed E-state index contributed by atoms with van der Waals surface area (Å²) in [6.45, 7) is 0. The Labute approximate surface area is 182 Å². The van der Waals surface area contributed by atoms with Gasteiger partial charge in [-0.05, 0) is 54.6 Å². The minimum Gasteiger partial charge on any atom is -0.240 e. The zero-order valence-corrected chi connectivity index (χ0v) is 17.1. The molecule has 0 atom stereocenters. The Morgan fingerprint density at radius 3 is 2.45 bits per heavy atom. The average molecular weight is 422 g/mol. The predicted molar refractivity (Wildman–Crippen MR) is 122 cm³/mol. The van der Waals surface area contributed by atoms with Crippen LogP contribution in [0.1, 0.15) is 10.6 Å². The van der Waals surface area contributed by atoms with Gasteiger partial charge in [0.1, 0.15) is 16.9 Å². The van der Waals surface area contributed by atoms with E-state index in [1.165, 1.54) is 23.5 Å². The second-order valence-electron chi connectivity index (χ2n) is 6.88. The van der Waals surface area contributed by atoms with E-state index in [1.54, 1.807) is 22.9 Å². The molecule has 148 valence electrons. The topological polar surface area (TPSA) is 54.5 Å². The van der Waals surface area contributed by atoms with Crippen LogP contribution < -0.4 is 0 Å². The van der Waals surface area contributed by atoms with Crippen molar-refractivity contribution in [2.75, 3.05) is 0 Å². The summed E-state index contributed by atoms with van der Waals surface area (Å²) in [6.07, 6.45) is 3.67. The van der Waals surface area contributed by atoms with Crippen molar-refractivity contribution in [3.63, 3.8) is 0 Å². The SMILES string of the molecule is N#C/C(=C\c1cn(-c2ccccc2)nc1-c1ccc(F)cc1)c1nc2ccccc2s1. The highest BCUT2D eigenvalue weighted by atomic mass is 32.1. The van der Waals surface area contributed by atoms with Crippen LogP contribution in [0.2, 0.25) is 0 Å². The molecule has 0 radical (unpaired) electrons. The molecule has 0 aliphatic rings. The molecule has 0 aliphatic carbocycles. The first kappa shape index (κ1) is 18.9. The molecule has 0 amide bonds. The Hall–Kier alpha value is -4.08. The molecule has 2 aromatic heterocycles. The van der Waals surface area contributed by atoms with E-state index in [2.05, 4.69) is 11.1 Å². The van der Waals surface area contributed by atoms with Crippen molar-refractivity contribution in [2.45, 2.75) is 0 Å². The van der Waals surface area contributed by atoms with Gasteiger partial charge >= 0.3 is 0 Å². The molecule has 4 nitrogen and oxygen atoms in total. The quantitative estimate of drug-likeness (QED) is 0.317. The van der Waals surface area contributed by atoms with Crippen LogP contribution >= 0.6 is 11.3 Å². The number of allylic oxidation sites excluding steroid dienone is 1. The number of para-hydroxylation sites is 2. The summed E-state index contributed by atoms with van der Waals surface area (Å²) >= 11 is 1.48. The molecular weight excluding hydrogens is 407 g/mol. The normalized spacial score (nSPS) is 11.5. The fourth-order valence-electron chi connectivity index (χ4n) is 3.32. The number of aromatic nitrogens is 3. The molecule has 3 aromatic carbocycles. The van der Waals surface area contributed by atoms with Crippen molar-refractivity contribution >= 4 is 33.2 Å². The van der Waals surface area contributed by atoms with E-state index >= 15 is 0 Å². The molecule has 2 heterocycles. The maximum absolute atomic E-state index is 13.5. The number of thiazole rings is 1. The lowest BCUT2D eigenvalue weighted by Gasteiger charge is -2.00. The number of benzene rings is 3. The minimum atomic E-state index is -0.310. The second-order valence-corrected chi connectivity index (χ2v) is 7.91. The third-order valence-electron chi connectivity index (χ3n) is 4.83. The van der Waals surface area contributed by atoms with Gasteiger partial charge in [0.15, 0.2) is 0 Å². The van der Waals surface area contributed by atoms with Gasteiger partial charge in [-0.2, -0.15) is 10.4 Å². The van der Waals surface area contributed by atoms with Crippen LogP contribution in [0.3, 0.4) is 0 Å². The van der Waals surface area contributed by atoms with Gasteiger partial charge < -0.3 is 0 Å². The Bertz CT molecular complexity index is 1410. The smallest absolute Gasteiger partial charge is 0.135 e. The van der Waals surface area contributed by atoms with Gasteiger partial charge in [0.2, 0.25) is 0 Å². The standard InChI is InChI=1S/C25H15FN4S/c26-20-12-10-17(11-13-20)24-19(16-30(29-24)21-6-2-1-3-7-21)14-18(15-27)25-28-22-8-4-5-9-23(22)31-25/h1-14,16H/b18-14+. The first-order chi connectivity index (χ1) is 15.2. The Balaban J connectivity index is 1.66. The van der Waals surface area contributed by atoms with E-state index < -0.39 is 0 Å². The molecule has 31 heavy (non-hydrogen) atoms. The molecule has 0 spiro atoms. The lowest BCUT2D eigenvalue weighted by Crippen LogP contribution is -1.94. The highest BCUT2D eigenvalue weighted by Crippen LogP contribution is 2.31. The van der Waals surface area contributed by atoms with Gasteiger partial charge in [0.25, 0.3) is 0 Å². The highest BCUT2D eigenvalue weighted by Gasteiger charge is 2.14. The zero-order chi connectivity index (χ0) is 21.2. The van der Waals surface area contributed by atoms with E-state index in [4.69, 9.17) is 5.10 Å². The highest BCUT2D eigenvalue weighted by molar-refractivity contribution is 7.19. The maximum atomic E-state index is 13.5. The van der Waals surface area contributed by atoms with Crippen molar-refractivity contribution < 1.29 is 4.39 Å². The lowest BCUT2D eigenvalue weighted by molar-refractivity contribution is 0.628. The number of hydrogen-bond donors (Lipinski definition) is 0. The maximum Gasteiger partial charge on any atom is 0.135 e. The first-order valence-electron chi connectivity index (χ1n) is 9.60. The molecular formula is C25H15FN4S. The predicted octanol–water partition coefficient (Wildman–Crippen LogP) is 6.35. The summed E-state index contributed by atoms with van der Waals surface area (Å²) < 4.78 is 16.3. The van der Waals surface area contributed by atoms with Crippen molar-refractivity contribution in [2.24, 2.45) is 0 Å². The van der Waals surface area contributed by atoms with Crippen LogP contribution in [-0.4, -0.2) is 14.8 Å². The lowest BCUT2D eigenvalue weighted by atomic mass is 10.1. The average Bonchev–Trinajstić information content (AvgIpc) is 3.43. The third-order valence-corrected chi connectivity index (χ3v) is 5.90.